The van der Waals surface area contributed by atoms with Gasteiger partial charge in [-0.05, 0) is 12.1 Å². The smallest absolute Gasteiger partial charge is 1.00 e. The minimum Gasteiger partial charge on any atom is -1.00 e. The third-order valence-electron chi connectivity index (χ3n) is 1.03. The largest absolute Gasteiger partial charge is 1.00 e. The molecule has 0 saturated heterocycles. The second-order valence-corrected chi connectivity index (χ2v) is 2.98. The molecular formula is C9H15N2NaO2S2. The zero-order valence-electron chi connectivity index (χ0n) is 9.18. The number of hydrogen-bond donors (Lipinski definition) is 4. The van der Waals surface area contributed by atoms with Crippen LogP contribution in [0, 0.1) is 0 Å². The molecule has 0 spiro atoms. The first kappa shape index (κ1) is 21.2. The first-order valence-corrected chi connectivity index (χ1v) is 4.45. The fraction of sp³-hybridized carbons (Fsp3) is 0.111. The van der Waals surface area contributed by atoms with Crippen LogP contribution in [-0.2, 0) is 0 Å². The number of carbonyl (C=O) groups is 2. The standard InChI is InChI=1S/C7H7NOS.CH3NOS.CH4.Na.H/c9-7(10)8-6-4-2-1-3-5-6;2-1(3)4;;;/h1-5H,(H2,8,9,10);(H3,2,3,4);1H4;;/q;;;+1;-1. The molecule has 7 heteroatoms. The molecule has 1 aromatic rings. The van der Waals surface area contributed by atoms with E-state index in [2.05, 4.69) is 36.3 Å². The number of hydrogen-bond acceptors (Lipinski definition) is 2. The van der Waals surface area contributed by atoms with E-state index in [0.29, 0.717) is 0 Å². The number of primary amides is 1. The number of thiol groups is 2. The zero-order chi connectivity index (χ0) is 11.0. The van der Waals surface area contributed by atoms with E-state index in [1.807, 2.05) is 18.2 Å². The van der Waals surface area contributed by atoms with Crippen molar-refractivity contribution in [1.29, 1.82) is 0 Å². The van der Waals surface area contributed by atoms with E-state index in [1.165, 1.54) is 0 Å². The van der Waals surface area contributed by atoms with Gasteiger partial charge in [0.15, 0.2) is 0 Å². The number of nitrogens with one attached hydrogen (secondary N) is 1. The number of rotatable bonds is 1. The van der Waals surface area contributed by atoms with Gasteiger partial charge in [-0.25, -0.2) is 0 Å². The topological polar surface area (TPSA) is 72.2 Å². The van der Waals surface area contributed by atoms with Crippen LogP contribution in [0.1, 0.15) is 8.85 Å². The molecule has 0 heterocycles. The Labute approximate surface area is 130 Å². The van der Waals surface area contributed by atoms with E-state index < -0.39 is 5.24 Å². The molecule has 1 rings (SSSR count). The van der Waals surface area contributed by atoms with Gasteiger partial charge in [0.2, 0.25) is 0 Å². The molecule has 0 unspecified atom stereocenters. The summed E-state index contributed by atoms with van der Waals surface area (Å²) in [6, 6.07) is 9.18. The van der Waals surface area contributed by atoms with E-state index in [1.54, 1.807) is 12.1 Å². The Morgan fingerprint density at radius 1 is 1.19 bits per heavy atom. The van der Waals surface area contributed by atoms with Crippen LogP contribution in [0.15, 0.2) is 30.3 Å². The number of nitrogens with two attached hydrogens (primary N) is 1. The van der Waals surface area contributed by atoms with Crippen molar-refractivity contribution in [3.05, 3.63) is 30.3 Å². The van der Waals surface area contributed by atoms with Crippen molar-refractivity contribution in [3.8, 4) is 0 Å². The van der Waals surface area contributed by atoms with Crippen LogP contribution in [0.2, 0.25) is 0 Å². The van der Waals surface area contributed by atoms with Crippen LogP contribution in [0.5, 0.6) is 0 Å². The molecule has 4 nitrogen and oxygen atoms in total. The van der Waals surface area contributed by atoms with E-state index in [4.69, 9.17) is 4.79 Å². The summed E-state index contributed by atoms with van der Waals surface area (Å²) in [4.78, 5) is 19.5. The van der Waals surface area contributed by atoms with Crippen molar-refractivity contribution >= 4 is 41.4 Å². The second-order valence-electron chi connectivity index (χ2n) is 2.13. The van der Waals surface area contributed by atoms with Gasteiger partial charge in [0.05, 0.1) is 0 Å². The van der Waals surface area contributed by atoms with Crippen molar-refractivity contribution < 1.29 is 40.6 Å². The van der Waals surface area contributed by atoms with Crippen LogP contribution in [-0.4, -0.2) is 10.5 Å². The maximum absolute atomic E-state index is 10.4. The van der Waals surface area contributed by atoms with Crippen molar-refractivity contribution in [2.75, 3.05) is 5.32 Å². The Kier molecular flexibility index (Phi) is 17.1. The maximum atomic E-state index is 10.4. The summed E-state index contributed by atoms with van der Waals surface area (Å²) in [6.45, 7) is 0. The first-order chi connectivity index (χ1) is 6.52. The normalized spacial score (nSPS) is 7.12. The second kappa shape index (κ2) is 12.9. The van der Waals surface area contributed by atoms with Gasteiger partial charge in [-0.1, -0.05) is 50.9 Å². The number of anilines is 1. The first-order valence-electron chi connectivity index (χ1n) is 3.55. The van der Waals surface area contributed by atoms with E-state index in [-0.39, 0.29) is 43.6 Å². The predicted octanol–water partition coefficient (Wildman–Crippen LogP) is -0.104. The van der Waals surface area contributed by atoms with Gasteiger partial charge in [-0.2, -0.15) is 0 Å². The van der Waals surface area contributed by atoms with Gasteiger partial charge >= 0.3 is 29.6 Å². The summed E-state index contributed by atoms with van der Waals surface area (Å²) in [6.07, 6.45) is 0. The van der Waals surface area contributed by atoms with E-state index in [9.17, 15) is 4.79 Å². The Bertz CT molecular complexity index is 311. The molecular weight excluding hydrogens is 255 g/mol. The minimum absolute atomic E-state index is 0. The molecule has 0 aliphatic heterocycles. The van der Waals surface area contributed by atoms with Crippen molar-refractivity contribution in [2.45, 2.75) is 7.43 Å². The fourth-order valence-corrected chi connectivity index (χ4v) is 0.774. The van der Waals surface area contributed by atoms with Crippen LogP contribution in [0.3, 0.4) is 0 Å². The molecule has 0 aliphatic rings. The quantitative estimate of drug-likeness (QED) is 0.425. The monoisotopic (exact) mass is 270 g/mol. The molecule has 86 valence electrons. The summed E-state index contributed by atoms with van der Waals surface area (Å²) in [7, 11) is 0. The molecule has 0 saturated carbocycles. The Morgan fingerprint density at radius 2 is 1.56 bits per heavy atom. The molecule has 16 heavy (non-hydrogen) atoms. The van der Waals surface area contributed by atoms with Crippen LogP contribution in [0.25, 0.3) is 0 Å². The molecule has 0 fully saturated rings. The molecule has 0 aliphatic carbocycles. The summed E-state index contributed by atoms with van der Waals surface area (Å²) in [5.74, 6) is 0. The zero-order valence-corrected chi connectivity index (χ0v) is 12.0. The summed E-state index contributed by atoms with van der Waals surface area (Å²) in [5, 5.41) is 1.55. The number of carbonyl (C=O) groups excluding carboxylic acids is 2. The third-order valence-corrected chi connectivity index (χ3v) is 1.14. The number of para-hydroxylation sites is 1. The van der Waals surface area contributed by atoms with Crippen LogP contribution >= 0.6 is 25.3 Å². The van der Waals surface area contributed by atoms with E-state index >= 15 is 0 Å². The number of benzene rings is 1. The third kappa shape index (κ3) is 16.3. The van der Waals surface area contributed by atoms with Gasteiger partial charge in [-0.3, -0.25) is 9.59 Å². The average molecular weight is 270 g/mol. The maximum Gasteiger partial charge on any atom is 1.00 e. The van der Waals surface area contributed by atoms with Gasteiger partial charge < -0.3 is 12.5 Å². The molecule has 0 atom stereocenters. The van der Waals surface area contributed by atoms with Gasteiger partial charge in [0.25, 0.3) is 10.5 Å². The molecule has 3 N–H and O–H groups in total. The van der Waals surface area contributed by atoms with Gasteiger partial charge in [0, 0.05) is 5.69 Å². The Morgan fingerprint density at radius 3 is 1.88 bits per heavy atom. The fourth-order valence-electron chi connectivity index (χ4n) is 0.645. The van der Waals surface area contributed by atoms with Crippen molar-refractivity contribution in [1.82, 2.24) is 0 Å². The van der Waals surface area contributed by atoms with Crippen LogP contribution < -0.4 is 40.6 Å². The Hall–Kier alpha value is -0.140. The molecule has 1 aromatic carbocycles. The van der Waals surface area contributed by atoms with Crippen molar-refractivity contribution in [3.63, 3.8) is 0 Å². The summed E-state index contributed by atoms with van der Waals surface area (Å²) in [5.41, 5.74) is 5.10. The summed E-state index contributed by atoms with van der Waals surface area (Å²) >= 11 is 6.66. The molecule has 0 bridgehead atoms. The summed E-state index contributed by atoms with van der Waals surface area (Å²) < 4.78 is 0. The van der Waals surface area contributed by atoms with Crippen LogP contribution in [0.4, 0.5) is 15.3 Å². The minimum atomic E-state index is -0.639. The van der Waals surface area contributed by atoms with E-state index in [0.717, 1.165) is 5.69 Å². The average Bonchev–Trinajstić information content (AvgIpc) is 2.03. The van der Waals surface area contributed by atoms with Crippen molar-refractivity contribution in [2.24, 2.45) is 5.73 Å². The molecule has 0 radical (unpaired) electrons. The van der Waals surface area contributed by atoms with Gasteiger partial charge in [-0.15, -0.1) is 0 Å². The SMILES string of the molecule is C.NC(=O)S.O=C(S)Nc1ccccc1.[H-].[Na+]. The van der Waals surface area contributed by atoms with Gasteiger partial charge in [0.1, 0.15) is 0 Å². The Balaban J connectivity index is -0.000000108. The molecule has 2 amide bonds. The number of amides is 2. The molecule has 0 aromatic heterocycles. The predicted molar refractivity (Wildman–Crippen MR) is 70.9 cm³/mol.